The minimum atomic E-state index is 1.10. The van der Waals surface area contributed by atoms with E-state index in [4.69, 9.17) is 0 Å². The van der Waals surface area contributed by atoms with Crippen LogP contribution in [-0.4, -0.2) is 0 Å². The fourth-order valence-electron chi connectivity index (χ4n) is 7.89. The summed E-state index contributed by atoms with van der Waals surface area (Å²) in [5.74, 6) is 0. The number of fused-ring (bicyclic) bond motifs is 3. The zero-order valence-electron chi connectivity index (χ0n) is 30.7. The van der Waals surface area contributed by atoms with Crippen LogP contribution in [0.4, 0.5) is 17.1 Å². The highest BCUT2D eigenvalue weighted by atomic mass is 32.1. The molecular formula is C54H37NS. The molecule has 0 radical (unpaired) electrons. The number of anilines is 3. The van der Waals surface area contributed by atoms with Crippen molar-refractivity contribution < 1.29 is 0 Å². The molecule has 0 aliphatic heterocycles. The third kappa shape index (κ3) is 6.36. The van der Waals surface area contributed by atoms with Gasteiger partial charge in [-0.15, -0.1) is 11.3 Å². The molecule has 0 saturated heterocycles. The molecule has 264 valence electrons. The topological polar surface area (TPSA) is 3.24 Å². The second kappa shape index (κ2) is 14.7. The molecule has 0 aliphatic carbocycles. The molecule has 0 amide bonds. The number of thiophene rings is 1. The van der Waals surface area contributed by atoms with Crippen molar-refractivity contribution in [3.63, 3.8) is 0 Å². The summed E-state index contributed by atoms with van der Waals surface area (Å²) in [6, 6.07) is 81.1. The predicted molar refractivity (Wildman–Crippen MR) is 241 cm³/mol. The molecule has 1 nitrogen and oxygen atoms in total. The molecule has 0 atom stereocenters. The Balaban J connectivity index is 1.01. The normalized spacial score (nSPS) is 11.2. The Labute approximate surface area is 332 Å². The van der Waals surface area contributed by atoms with Crippen molar-refractivity contribution in [2.45, 2.75) is 0 Å². The first kappa shape index (κ1) is 33.6. The minimum absolute atomic E-state index is 1.10. The van der Waals surface area contributed by atoms with E-state index in [1.165, 1.54) is 75.8 Å². The van der Waals surface area contributed by atoms with E-state index in [0.29, 0.717) is 0 Å². The molecule has 0 fully saturated rings. The van der Waals surface area contributed by atoms with Gasteiger partial charge in [-0.1, -0.05) is 182 Å². The molecule has 10 rings (SSSR count). The van der Waals surface area contributed by atoms with Gasteiger partial charge >= 0.3 is 0 Å². The van der Waals surface area contributed by atoms with E-state index in [2.05, 4.69) is 229 Å². The van der Waals surface area contributed by atoms with Crippen molar-refractivity contribution in [1.29, 1.82) is 0 Å². The summed E-state index contributed by atoms with van der Waals surface area (Å²) in [7, 11) is 0. The summed E-state index contributed by atoms with van der Waals surface area (Å²) >= 11 is 1.88. The van der Waals surface area contributed by atoms with Gasteiger partial charge in [-0.2, -0.15) is 0 Å². The fraction of sp³-hybridized carbons (Fsp3) is 0. The number of hydrogen-bond acceptors (Lipinski definition) is 2. The maximum absolute atomic E-state index is 2.35. The molecule has 0 spiro atoms. The van der Waals surface area contributed by atoms with Gasteiger partial charge < -0.3 is 4.90 Å². The van der Waals surface area contributed by atoms with Crippen molar-refractivity contribution in [3.05, 3.63) is 224 Å². The monoisotopic (exact) mass is 731 g/mol. The van der Waals surface area contributed by atoms with E-state index in [1.807, 2.05) is 11.3 Å². The van der Waals surface area contributed by atoms with Crippen LogP contribution in [0, 0.1) is 0 Å². The van der Waals surface area contributed by atoms with Crippen molar-refractivity contribution in [2.75, 3.05) is 4.90 Å². The number of nitrogens with zero attached hydrogens (tertiary/aromatic N) is 1. The number of rotatable bonds is 8. The molecule has 1 aromatic heterocycles. The van der Waals surface area contributed by atoms with E-state index < -0.39 is 0 Å². The third-order valence-corrected chi connectivity index (χ3v) is 12.0. The summed E-state index contributed by atoms with van der Waals surface area (Å²) in [5, 5.41) is 2.64. The Morgan fingerprint density at radius 3 is 1.16 bits per heavy atom. The summed E-state index contributed by atoms with van der Waals surface area (Å²) in [6.45, 7) is 0. The van der Waals surface area contributed by atoms with Crippen LogP contribution in [-0.2, 0) is 0 Å². The minimum Gasteiger partial charge on any atom is -0.311 e. The first-order valence-corrected chi connectivity index (χ1v) is 19.9. The molecular weight excluding hydrogens is 695 g/mol. The lowest BCUT2D eigenvalue weighted by Gasteiger charge is -2.26. The molecule has 0 aliphatic rings. The number of benzene rings is 9. The summed E-state index contributed by atoms with van der Waals surface area (Å²) < 4.78 is 2.65. The Bertz CT molecular complexity index is 2910. The van der Waals surface area contributed by atoms with Gasteiger partial charge in [-0.25, -0.2) is 0 Å². The van der Waals surface area contributed by atoms with E-state index in [1.54, 1.807) is 0 Å². The highest BCUT2D eigenvalue weighted by molar-refractivity contribution is 7.26. The molecule has 56 heavy (non-hydrogen) atoms. The Hall–Kier alpha value is -7.00. The van der Waals surface area contributed by atoms with Crippen LogP contribution in [0.1, 0.15) is 0 Å². The lowest BCUT2D eigenvalue weighted by atomic mass is 9.93. The van der Waals surface area contributed by atoms with Gasteiger partial charge in [0.1, 0.15) is 0 Å². The third-order valence-electron chi connectivity index (χ3n) is 10.7. The van der Waals surface area contributed by atoms with Crippen LogP contribution in [0.15, 0.2) is 224 Å². The highest BCUT2D eigenvalue weighted by Gasteiger charge is 2.17. The first-order valence-electron chi connectivity index (χ1n) is 19.1. The maximum atomic E-state index is 2.35. The molecule has 9 aromatic carbocycles. The second-order valence-electron chi connectivity index (χ2n) is 14.1. The van der Waals surface area contributed by atoms with Crippen molar-refractivity contribution in [3.8, 4) is 55.6 Å². The predicted octanol–water partition coefficient (Wildman–Crippen LogP) is 15.9. The Kier molecular flexibility index (Phi) is 8.79. The summed E-state index contributed by atoms with van der Waals surface area (Å²) in [4.78, 5) is 2.35. The molecule has 0 saturated carbocycles. The first-order chi connectivity index (χ1) is 27.8. The summed E-state index contributed by atoms with van der Waals surface area (Å²) in [6.07, 6.45) is 0. The molecule has 0 unspecified atom stereocenters. The van der Waals surface area contributed by atoms with E-state index in [-0.39, 0.29) is 0 Å². The van der Waals surface area contributed by atoms with Crippen molar-refractivity contribution in [1.82, 2.24) is 0 Å². The van der Waals surface area contributed by atoms with Gasteiger partial charge in [0, 0.05) is 42.8 Å². The second-order valence-corrected chi connectivity index (χ2v) is 15.2. The average molecular weight is 732 g/mol. The smallest absolute Gasteiger partial charge is 0.0462 e. The average Bonchev–Trinajstić information content (AvgIpc) is 3.67. The fourth-order valence-corrected chi connectivity index (χ4v) is 9.12. The zero-order chi connectivity index (χ0) is 37.3. The molecule has 0 bridgehead atoms. The van der Waals surface area contributed by atoms with Gasteiger partial charge in [-0.3, -0.25) is 0 Å². The quantitative estimate of drug-likeness (QED) is 0.150. The Morgan fingerprint density at radius 1 is 0.250 bits per heavy atom. The van der Waals surface area contributed by atoms with Crippen LogP contribution in [0.25, 0.3) is 75.8 Å². The molecule has 2 heteroatoms. The van der Waals surface area contributed by atoms with Gasteiger partial charge in [0.15, 0.2) is 0 Å². The molecule has 1 heterocycles. The van der Waals surface area contributed by atoms with Crippen LogP contribution in [0.2, 0.25) is 0 Å². The van der Waals surface area contributed by atoms with Crippen LogP contribution in [0.3, 0.4) is 0 Å². The van der Waals surface area contributed by atoms with E-state index in [9.17, 15) is 0 Å². The number of hydrogen-bond donors (Lipinski definition) is 0. The van der Waals surface area contributed by atoms with Gasteiger partial charge in [0.05, 0.1) is 0 Å². The highest BCUT2D eigenvalue weighted by Crippen LogP contribution is 2.44. The lowest BCUT2D eigenvalue weighted by molar-refractivity contribution is 1.28. The van der Waals surface area contributed by atoms with Gasteiger partial charge in [0.2, 0.25) is 0 Å². The van der Waals surface area contributed by atoms with Crippen molar-refractivity contribution >= 4 is 48.6 Å². The van der Waals surface area contributed by atoms with E-state index >= 15 is 0 Å². The zero-order valence-corrected chi connectivity index (χ0v) is 31.5. The van der Waals surface area contributed by atoms with Crippen LogP contribution >= 0.6 is 11.3 Å². The molecule has 0 N–H and O–H groups in total. The van der Waals surface area contributed by atoms with Gasteiger partial charge in [-0.05, 0) is 92.5 Å². The van der Waals surface area contributed by atoms with Gasteiger partial charge in [0.25, 0.3) is 0 Å². The Morgan fingerprint density at radius 2 is 0.625 bits per heavy atom. The molecule has 10 aromatic rings. The largest absolute Gasteiger partial charge is 0.311 e. The SMILES string of the molecule is c1ccc(-c2ccc(-c3ccc(N(c4ccc(-c5ccccc5)cc4)c4ccc(-c5ccccc5-c5cccc6c5sc5ccccc56)cc4)cc3)cc2)cc1. The van der Waals surface area contributed by atoms with Crippen LogP contribution < -0.4 is 4.90 Å². The standard InChI is InChI=1S/C54H37NS/c1-3-12-38(13-4-1)40-22-24-41(25-23-40)43-28-34-46(35-29-43)55(45-32-26-42(27-33-45)39-14-5-2-6-15-39)47-36-30-44(31-37-47)48-16-7-8-17-49(48)51-19-11-20-52-50-18-9-10-21-53(50)56-54(51)52/h1-37H. The maximum Gasteiger partial charge on any atom is 0.0462 e. The summed E-state index contributed by atoms with van der Waals surface area (Å²) in [5.41, 5.74) is 15.5. The van der Waals surface area contributed by atoms with Crippen LogP contribution in [0.5, 0.6) is 0 Å². The van der Waals surface area contributed by atoms with Crippen molar-refractivity contribution in [2.24, 2.45) is 0 Å². The van der Waals surface area contributed by atoms with E-state index in [0.717, 1.165) is 17.1 Å². The lowest BCUT2D eigenvalue weighted by Crippen LogP contribution is -2.09.